The maximum Gasteiger partial charge on any atom is 0.0746 e. The maximum absolute atomic E-state index is 2.55. The molecular formula is C57H49N. The highest BCUT2D eigenvalue weighted by atomic mass is 15.1. The first-order valence-corrected chi connectivity index (χ1v) is 20.7. The van der Waals surface area contributed by atoms with Crippen molar-refractivity contribution in [3.8, 4) is 44.5 Å². The van der Waals surface area contributed by atoms with Gasteiger partial charge in [-0.15, -0.1) is 0 Å². The van der Waals surface area contributed by atoms with Gasteiger partial charge in [-0.2, -0.15) is 0 Å². The first-order chi connectivity index (χ1) is 28.0. The van der Waals surface area contributed by atoms with Crippen LogP contribution in [0.1, 0.15) is 74.9 Å². The van der Waals surface area contributed by atoms with Gasteiger partial charge in [-0.1, -0.05) is 199 Å². The van der Waals surface area contributed by atoms with Crippen molar-refractivity contribution in [1.29, 1.82) is 0 Å². The summed E-state index contributed by atoms with van der Waals surface area (Å²) in [4.78, 5) is 2.53. The molecule has 1 spiro atoms. The summed E-state index contributed by atoms with van der Waals surface area (Å²) in [6, 6.07) is 70.6. The SMILES string of the molecule is CC(C)(C)c1ccc2c(c1)C1(c3cc(C(C)(C)C)ccc3-2)c2ccccc2-c2cccc(N(c3cccc(-c4ccccc4)c3)c3cccc(-c4ccccc4)c3)c21. The van der Waals surface area contributed by atoms with Crippen LogP contribution in [0.15, 0.2) is 188 Å². The second-order valence-electron chi connectivity index (χ2n) is 18.2. The fourth-order valence-electron chi connectivity index (χ4n) is 9.68. The summed E-state index contributed by atoms with van der Waals surface area (Å²) in [5, 5.41) is 0. The van der Waals surface area contributed by atoms with Crippen LogP contribution < -0.4 is 4.90 Å². The van der Waals surface area contributed by atoms with Crippen molar-refractivity contribution in [1.82, 2.24) is 0 Å². The highest BCUT2D eigenvalue weighted by Crippen LogP contribution is 2.66. The molecule has 0 fully saturated rings. The largest absolute Gasteiger partial charge is 0.310 e. The van der Waals surface area contributed by atoms with E-state index >= 15 is 0 Å². The summed E-state index contributed by atoms with van der Waals surface area (Å²) in [6.45, 7) is 14.0. The predicted octanol–water partition coefficient (Wildman–Crippen LogP) is 15.4. The molecule has 1 nitrogen and oxygen atoms in total. The molecule has 2 aliphatic carbocycles. The van der Waals surface area contributed by atoms with Crippen LogP contribution in [0.3, 0.4) is 0 Å². The van der Waals surface area contributed by atoms with Crippen molar-refractivity contribution in [2.45, 2.75) is 57.8 Å². The number of hydrogen-bond donors (Lipinski definition) is 0. The lowest BCUT2D eigenvalue weighted by Crippen LogP contribution is -2.29. The Kier molecular flexibility index (Phi) is 8.25. The van der Waals surface area contributed by atoms with Crippen molar-refractivity contribution >= 4 is 17.1 Å². The minimum absolute atomic E-state index is 0.0240. The quantitative estimate of drug-likeness (QED) is 0.169. The summed E-state index contributed by atoms with van der Waals surface area (Å²) < 4.78 is 0. The first kappa shape index (κ1) is 35.9. The van der Waals surface area contributed by atoms with Crippen molar-refractivity contribution < 1.29 is 0 Å². The Morgan fingerprint density at radius 2 is 0.776 bits per heavy atom. The van der Waals surface area contributed by atoms with Gasteiger partial charge in [0.05, 0.1) is 11.1 Å². The van der Waals surface area contributed by atoms with E-state index in [0.717, 1.165) is 11.4 Å². The van der Waals surface area contributed by atoms with Crippen LogP contribution in [0.25, 0.3) is 44.5 Å². The van der Waals surface area contributed by atoms with Crippen molar-refractivity contribution in [2.75, 3.05) is 4.90 Å². The van der Waals surface area contributed by atoms with Gasteiger partial charge in [0, 0.05) is 16.9 Å². The molecule has 10 rings (SSSR count). The zero-order chi connectivity index (χ0) is 39.8. The average Bonchev–Trinajstić information content (AvgIpc) is 3.71. The van der Waals surface area contributed by atoms with E-state index < -0.39 is 5.41 Å². The minimum Gasteiger partial charge on any atom is -0.310 e. The number of nitrogens with zero attached hydrogens (tertiary/aromatic N) is 1. The van der Waals surface area contributed by atoms with Crippen LogP contribution in [0.5, 0.6) is 0 Å². The predicted molar refractivity (Wildman–Crippen MR) is 246 cm³/mol. The highest BCUT2D eigenvalue weighted by molar-refractivity contribution is 6.00. The van der Waals surface area contributed by atoms with Gasteiger partial charge < -0.3 is 4.90 Å². The van der Waals surface area contributed by atoms with E-state index in [-0.39, 0.29) is 10.8 Å². The maximum atomic E-state index is 2.55. The van der Waals surface area contributed by atoms with Crippen molar-refractivity contribution in [2.24, 2.45) is 0 Å². The molecule has 8 aromatic rings. The van der Waals surface area contributed by atoms with E-state index in [0.29, 0.717) is 0 Å². The number of benzene rings is 8. The van der Waals surface area contributed by atoms with Crippen LogP contribution >= 0.6 is 0 Å². The number of rotatable bonds is 5. The van der Waals surface area contributed by atoms with Crippen LogP contribution in [0.4, 0.5) is 17.1 Å². The summed E-state index contributed by atoms with van der Waals surface area (Å²) in [7, 11) is 0. The van der Waals surface area contributed by atoms with Gasteiger partial charge in [0.2, 0.25) is 0 Å². The lowest BCUT2D eigenvalue weighted by Gasteiger charge is -2.37. The zero-order valence-electron chi connectivity index (χ0n) is 34.3. The van der Waals surface area contributed by atoms with Crippen LogP contribution in [-0.2, 0) is 16.2 Å². The van der Waals surface area contributed by atoms with Gasteiger partial charge in [-0.3, -0.25) is 0 Å². The average molecular weight is 748 g/mol. The van der Waals surface area contributed by atoms with Gasteiger partial charge in [-0.05, 0) is 113 Å². The van der Waals surface area contributed by atoms with E-state index in [1.54, 1.807) is 0 Å². The molecule has 0 heterocycles. The monoisotopic (exact) mass is 747 g/mol. The van der Waals surface area contributed by atoms with Crippen molar-refractivity contribution in [3.63, 3.8) is 0 Å². The second-order valence-corrected chi connectivity index (χ2v) is 18.2. The molecule has 2 aliphatic rings. The van der Waals surface area contributed by atoms with E-state index in [4.69, 9.17) is 0 Å². The molecule has 0 aromatic heterocycles. The molecule has 0 atom stereocenters. The lowest BCUT2D eigenvalue weighted by molar-refractivity contribution is 0.586. The molecule has 0 bridgehead atoms. The standard InChI is InChI=1S/C57H49N/c1-55(2,3)42-30-32-47-48-33-31-43(56(4,5)6)37-52(48)57(51(47)36-42)50-28-14-13-26-46(50)49-27-17-29-53(54(49)57)58(44-24-15-22-40(34-44)38-18-9-7-10-19-38)45-25-16-23-41(35-45)39-20-11-8-12-21-39/h7-37H,1-6H3. The van der Waals surface area contributed by atoms with Gasteiger partial charge in [-0.25, -0.2) is 0 Å². The van der Waals surface area contributed by atoms with Crippen molar-refractivity contribution in [3.05, 3.63) is 221 Å². The van der Waals surface area contributed by atoms with E-state index in [9.17, 15) is 0 Å². The molecule has 0 aliphatic heterocycles. The molecule has 0 amide bonds. The van der Waals surface area contributed by atoms with Gasteiger partial charge in [0.15, 0.2) is 0 Å². The molecule has 0 N–H and O–H groups in total. The Morgan fingerprint density at radius 3 is 1.29 bits per heavy atom. The summed E-state index contributed by atoms with van der Waals surface area (Å²) in [5.41, 5.74) is 21.0. The normalized spacial score (nSPS) is 13.5. The molecule has 1 heteroatoms. The smallest absolute Gasteiger partial charge is 0.0746 e. The first-order valence-electron chi connectivity index (χ1n) is 20.7. The molecule has 58 heavy (non-hydrogen) atoms. The fourth-order valence-corrected chi connectivity index (χ4v) is 9.68. The highest BCUT2D eigenvalue weighted by Gasteiger charge is 2.54. The lowest BCUT2D eigenvalue weighted by atomic mass is 9.68. The van der Waals surface area contributed by atoms with Crippen LogP contribution in [0, 0.1) is 0 Å². The second kappa shape index (κ2) is 13.3. The third-order valence-corrected chi connectivity index (χ3v) is 12.6. The van der Waals surface area contributed by atoms with Gasteiger partial charge in [0.25, 0.3) is 0 Å². The van der Waals surface area contributed by atoms with Crippen LogP contribution in [0.2, 0.25) is 0 Å². The van der Waals surface area contributed by atoms with Crippen LogP contribution in [-0.4, -0.2) is 0 Å². The Bertz CT molecular complexity index is 2700. The third-order valence-electron chi connectivity index (χ3n) is 12.6. The fraction of sp³-hybridized carbons (Fsp3) is 0.158. The molecule has 0 saturated heterocycles. The molecule has 8 aromatic carbocycles. The van der Waals surface area contributed by atoms with E-state index in [1.807, 2.05) is 0 Å². The van der Waals surface area contributed by atoms with Gasteiger partial charge in [0.1, 0.15) is 0 Å². The Balaban J connectivity index is 1.33. The molecule has 282 valence electrons. The Morgan fingerprint density at radius 1 is 0.345 bits per heavy atom. The zero-order valence-corrected chi connectivity index (χ0v) is 34.3. The number of anilines is 3. The molecule has 0 unspecified atom stereocenters. The van der Waals surface area contributed by atoms with Gasteiger partial charge >= 0.3 is 0 Å². The molecule has 0 radical (unpaired) electrons. The third kappa shape index (κ3) is 5.59. The number of fused-ring (bicyclic) bond motifs is 10. The topological polar surface area (TPSA) is 3.24 Å². The Labute approximate surface area is 344 Å². The minimum atomic E-state index is -0.554. The molecular weight excluding hydrogens is 699 g/mol. The summed E-state index contributed by atoms with van der Waals surface area (Å²) in [5.74, 6) is 0. The summed E-state index contributed by atoms with van der Waals surface area (Å²) >= 11 is 0. The molecule has 0 saturated carbocycles. The summed E-state index contributed by atoms with van der Waals surface area (Å²) in [6.07, 6.45) is 0. The number of hydrogen-bond acceptors (Lipinski definition) is 1. The Hall–Kier alpha value is -6.44. The van der Waals surface area contributed by atoms with E-state index in [1.165, 1.54) is 83.6 Å². The van der Waals surface area contributed by atoms with E-state index in [2.05, 4.69) is 234 Å².